The largest absolute Gasteiger partial charge is 0.379 e. The number of carbonyl (C=O) groups excluding carboxylic acids is 1. The van der Waals surface area contributed by atoms with Gasteiger partial charge in [-0.2, -0.15) is 0 Å². The van der Waals surface area contributed by atoms with E-state index in [4.69, 9.17) is 4.74 Å². The molecule has 0 N–H and O–H groups in total. The van der Waals surface area contributed by atoms with E-state index >= 15 is 0 Å². The van der Waals surface area contributed by atoms with Gasteiger partial charge in [-0.1, -0.05) is 12.1 Å². The van der Waals surface area contributed by atoms with Gasteiger partial charge in [-0.05, 0) is 0 Å². The minimum atomic E-state index is -0.430. The van der Waals surface area contributed by atoms with Gasteiger partial charge in [-0.25, -0.2) is 4.98 Å². The molecule has 9 heteroatoms. The van der Waals surface area contributed by atoms with Crippen molar-refractivity contribution in [2.75, 3.05) is 44.3 Å². The zero-order valence-electron chi connectivity index (χ0n) is 14.5. The van der Waals surface area contributed by atoms with Gasteiger partial charge in [0.2, 0.25) is 5.91 Å². The molecule has 1 amide bonds. The van der Waals surface area contributed by atoms with Crippen molar-refractivity contribution in [2.24, 2.45) is 0 Å². The fraction of sp³-hybridized carbons (Fsp3) is 0.412. The molecule has 8 nitrogen and oxygen atoms in total. The van der Waals surface area contributed by atoms with E-state index in [9.17, 15) is 14.9 Å². The minimum Gasteiger partial charge on any atom is -0.379 e. The summed E-state index contributed by atoms with van der Waals surface area (Å²) in [6, 6.07) is 6.34. The summed E-state index contributed by atoms with van der Waals surface area (Å²) < 4.78 is 5.34. The lowest BCUT2D eigenvalue weighted by Crippen LogP contribution is -2.42. The maximum absolute atomic E-state index is 12.1. The van der Waals surface area contributed by atoms with E-state index in [2.05, 4.69) is 9.88 Å². The number of hydrogen-bond donors (Lipinski definition) is 0. The highest BCUT2D eigenvalue weighted by atomic mass is 32.1. The Morgan fingerprint density at radius 3 is 2.88 bits per heavy atom. The summed E-state index contributed by atoms with van der Waals surface area (Å²) in [5.74, 6) is -0.0711. The highest BCUT2D eigenvalue weighted by molar-refractivity contribution is 7.14. The molecular formula is C17H20N4O4S. The zero-order chi connectivity index (χ0) is 18.5. The molecule has 1 fully saturated rings. The number of anilines is 1. The van der Waals surface area contributed by atoms with Crippen LogP contribution in [-0.4, -0.2) is 60.1 Å². The summed E-state index contributed by atoms with van der Waals surface area (Å²) in [5.41, 5.74) is 1.32. The lowest BCUT2D eigenvalue weighted by atomic mass is 10.1. The predicted molar refractivity (Wildman–Crippen MR) is 99.5 cm³/mol. The number of thiazole rings is 1. The maximum Gasteiger partial charge on any atom is 0.270 e. The summed E-state index contributed by atoms with van der Waals surface area (Å²) in [7, 11) is 0. The van der Waals surface area contributed by atoms with Gasteiger partial charge in [0.25, 0.3) is 5.69 Å². The number of aromatic nitrogens is 1. The quantitative estimate of drug-likeness (QED) is 0.568. The molecule has 0 aliphatic carbocycles. The molecule has 0 atom stereocenters. The van der Waals surface area contributed by atoms with Crippen molar-refractivity contribution in [3.63, 3.8) is 0 Å². The summed E-state index contributed by atoms with van der Waals surface area (Å²) in [6.07, 6.45) is 0. The van der Waals surface area contributed by atoms with Gasteiger partial charge in [-0.3, -0.25) is 24.7 Å². The third-order valence-electron chi connectivity index (χ3n) is 4.20. The smallest absolute Gasteiger partial charge is 0.270 e. The Labute approximate surface area is 155 Å². The average Bonchev–Trinajstić information content (AvgIpc) is 3.12. The lowest BCUT2D eigenvalue weighted by Gasteiger charge is -2.28. The van der Waals surface area contributed by atoms with Gasteiger partial charge in [0, 0.05) is 56.2 Å². The number of benzene rings is 1. The number of amides is 1. The first-order valence-electron chi connectivity index (χ1n) is 8.33. The fourth-order valence-electron chi connectivity index (χ4n) is 2.75. The highest BCUT2D eigenvalue weighted by Crippen LogP contribution is 2.29. The van der Waals surface area contributed by atoms with E-state index in [1.807, 2.05) is 5.38 Å². The van der Waals surface area contributed by atoms with E-state index in [0.29, 0.717) is 36.1 Å². The van der Waals surface area contributed by atoms with Crippen LogP contribution in [0.1, 0.15) is 6.92 Å². The van der Waals surface area contributed by atoms with Crippen LogP contribution in [0.15, 0.2) is 29.6 Å². The zero-order valence-corrected chi connectivity index (χ0v) is 15.3. The normalized spacial score (nSPS) is 15.0. The number of nitrogens with zero attached hydrogens (tertiary/aromatic N) is 4. The molecule has 1 aliphatic heterocycles. The number of non-ortho nitro benzene ring substituents is 1. The molecule has 0 saturated carbocycles. The van der Waals surface area contributed by atoms with Crippen LogP contribution < -0.4 is 4.90 Å². The summed E-state index contributed by atoms with van der Waals surface area (Å²) in [5, 5.41) is 13.4. The second-order valence-corrected chi connectivity index (χ2v) is 6.78. The molecule has 2 aromatic rings. The molecule has 0 unspecified atom stereocenters. The Hall–Kier alpha value is -2.36. The molecule has 1 aromatic heterocycles. The van der Waals surface area contributed by atoms with Crippen molar-refractivity contribution in [1.82, 2.24) is 9.88 Å². The number of nitro groups is 1. The Morgan fingerprint density at radius 1 is 1.42 bits per heavy atom. The molecule has 0 radical (unpaired) electrons. The van der Waals surface area contributed by atoms with E-state index in [0.717, 1.165) is 19.6 Å². The summed E-state index contributed by atoms with van der Waals surface area (Å²) in [6.45, 7) is 5.99. The first kappa shape index (κ1) is 18.4. The standard InChI is InChI=1S/C17H20N4O4S/c1-13(22)20(6-5-19-7-9-25-10-8-19)17-18-16(12-26-17)14-3-2-4-15(11-14)21(23)24/h2-4,11-12H,5-10H2,1H3. The lowest BCUT2D eigenvalue weighted by molar-refractivity contribution is -0.384. The van der Waals surface area contributed by atoms with Gasteiger partial charge in [0.05, 0.1) is 23.8 Å². The van der Waals surface area contributed by atoms with Crippen molar-refractivity contribution in [3.05, 3.63) is 39.8 Å². The monoisotopic (exact) mass is 376 g/mol. The number of nitro benzene ring substituents is 1. The minimum absolute atomic E-state index is 0.0211. The van der Waals surface area contributed by atoms with Crippen molar-refractivity contribution in [1.29, 1.82) is 0 Å². The van der Waals surface area contributed by atoms with Crippen molar-refractivity contribution in [2.45, 2.75) is 6.92 Å². The van der Waals surface area contributed by atoms with E-state index in [1.165, 1.54) is 30.4 Å². The van der Waals surface area contributed by atoms with Gasteiger partial charge in [0.1, 0.15) is 0 Å². The number of ether oxygens (including phenoxy) is 1. The van der Waals surface area contributed by atoms with Crippen LogP contribution in [0.4, 0.5) is 10.8 Å². The average molecular weight is 376 g/mol. The van der Waals surface area contributed by atoms with Gasteiger partial charge >= 0.3 is 0 Å². The Morgan fingerprint density at radius 2 is 2.19 bits per heavy atom. The SMILES string of the molecule is CC(=O)N(CCN1CCOCC1)c1nc(-c2cccc([N+](=O)[O-])c2)cs1. The Balaban J connectivity index is 1.73. The molecule has 3 rings (SSSR count). The van der Waals surface area contributed by atoms with E-state index in [-0.39, 0.29) is 11.6 Å². The Bertz CT molecular complexity index is 789. The molecule has 1 aliphatic rings. The second kappa shape index (κ2) is 8.35. The molecule has 26 heavy (non-hydrogen) atoms. The maximum atomic E-state index is 12.1. The first-order valence-corrected chi connectivity index (χ1v) is 9.21. The molecule has 1 saturated heterocycles. The molecule has 138 valence electrons. The molecule has 1 aromatic carbocycles. The summed E-state index contributed by atoms with van der Waals surface area (Å²) >= 11 is 1.36. The van der Waals surface area contributed by atoms with Gasteiger partial charge < -0.3 is 4.74 Å². The number of hydrogen-bond acceptors (Lipinski definition) is 7. The fourth-order valence-corrected chi connectivity index (χ4v) is 3.66. The Kier molecular flexibility index (Phi) is 5.92. The molecule has 0 bridgehead atoms. The van der Waals surface area contributed by atoms with Crippen LogP contribution in [0.25, 0.3) is 11.3 Å². The number of morpholine rings is 1. The van der Waals surface area contributed by atoms with Crippen LogP contribution in [0.5, 0.6) is 0 Å². The second-order valence-electron chi connectivity index (χ2n) is 5.95. The van der Waals surface area contributed by atoms with Crippen molar-refractivity contribution in [3.8, 4) is 11.3 Å². The molecule has 2 heterocycles. The molecule has 0 spiro atoms. The van der Waals surface area contributed by atoms with Gasteiger partial charge in [-0.15, -0.1) is 11.3 Å². The topological polar surface area (TPSA) is 88.8 Å². The van der Waals surface area contributed by atoms with Crippen LogP contribution in [0.3, 0.4) is 0 Å². The third kappa shape index (κ3) is 4.43. The van der Waals surface area contributed by atoms with Crippen molar-refractivity contribution >= 4 is 28.1 Å². The van der Waals surface area contributed by atoms with Crippen molar-refractivity contribution < 1.29 is 14.5 Å². The first-order chi connectivity index (χ1) is 12.5. The van der Waals surface area contributed by atoms with E-state index in [1.54, 1.807) is 17.0 Å². The third-order valence-corrected chi connectivity index (χ3v) is 5.06. The molecular weight excluding hydrogens is 356 g/mol. The van der Waals surface area contributed by atoms with Crippen LogP contribution in [0, 0.1) is 10.1 Å². The van der Waals surface area contributed by atoms with Crippen LogP contribution in [-0.2, 0) is 9.53 Å². The predicted octanol–water partition coefficient (Wildman–Crippen LogP) is 2.40. The highest BCUT2D eigenvalue weighted by Gasteiger charge is 2.19. The van der Waals surface area contributed by atoms with Gasteiger partial charge in [0.15, 0.2) is 5.13 Å². The summed E-state index contributed by atoms with van der Waals surface area (Å²) in [4.78, 5) is 31.0. The van der Waals surface area contributed by atoms with E-state index < -0.39 is 4.92 Å². The van der Waals surface area contributed by atoms with Crippen LogP contribution in [0.2, 0.25) is 0 Å². The van der Waals surface area contributed by atoms with Crippen LogP contribution >= 0.6 is 11.3 Å². The number of rotatable bonds is 6. The number of carbonyl (C=O) groups is 1.